The van der Waals surface area contributed by atoms with Crippen molar-refractivity contribution in [1.82, 2.24) is 0 Å². The highest BCUT2D eigenvalue weighted by Gasteiger charge is 2.28. The summed E-state index contributed by atoms with van der Waals surface area (Å²) in [6.07, 6.45) is 2.17. The molecule has 1 aliphatic rings. The Bertz CT molecular complexity index is 2990. The molecule has 2 unspecified atom stereocenters. The largest absolute Gasteiger partial charge is 0.453 e. The van der Waals surface area contributed by atoms with E-state index in [2.05, 4.69) is 208 Å². The Morgan fingerprint density at radius 3 is 1.84 bits per heavy atom. The molecule has 0 saturated carbocycles. The monoisotopic (exact) mass is 810 g/mol. The van der Waals surface area contributed by atoms with Crippen LogP contribution in [0.15, 0.2) is 176 Å². The Balaban J connectivity index is 0.918. The van der Waals surface area contributed by atoms with Crippen molar-refractivity contribution in [3.63, 3.8) is 0 Å². The van der Waals surface area contributed by atoms with Crippen LogP contribution in [-0.4, -0.2) is 0 Å². The van der Waals surface area contributed by atoms with E-state index in [4.69, 9.17) is 4.74 Å². The summed E-state index contributed by atoms with van der Waals surface area (Å²) in [5.41, 5.74) is 13.6. The van der Waals surface area contributed by atoms with Crippen LogP contribution < -0.4 is 14.5 Å². The normalized spacial score (nSPS) is 13.1. The summed E-state index contributed by atoms with van der Waals surface area (Å²) in [5, 5.41) is 6.23. The lowest BCUT2D eigenvalue weighted by molar-refractivity contribution is 0.477. The SMILES string of the molecule is CCC(CC(C)c1ccc(-c2sc(N3c4ccccc4Oc4ccccc43)cc2C)c(C)c1)c1ccc(N(c2ccc(C)cc2)c2cc3ccccc3c3ccccc23)cc1. The summed E-state index contributed by atoms with van der Waals surface area (Å²) in [5.74, 6) is 2.61. The molecule has 9 aromatic rings. The molecule has 0 fully saturated rings. The molecule has 1 aromatic heterocycles. The van der Waals surface area contributed by atoms with Crippen LogP contribution in [0.25, 0.3) is 32.0 Å². The van der Waals surface area contributed by atoms with Crippen molar-refractivity contribution >= 4 is 66.3 Å². The van der Waals surface area contributed by atoms with Gasteiger partial charge in [0.15, 0.2) is 11.5 Å². The fraction of sp³-hybridized carbons (Fsp3) is 0.158. The van der Waals surface area contributed by atoms with Gasteiger partial charge in [-0.3, -0.25) is 4.90 Å². The fourth-order valence-electron chi connectivity index (χ4n) is 9.37. The van der Waals surface area contributed by atoms with Crippen LogP contribution in [-0.2, 0) is 0 Å². The van der Waals surface area contributed by atoms with Crippen molar-refractivity contribution in [2.75, 3.05) is 9.80 Å². The third-order valence-electron chi connectivity index (χ3n) is 12.7. The predicted molar refractivity (Wildman–Crippen MR) is 261 cm³/mol. The van der Waals surface area contributed by atoms with E-state index in [9.17, 15) is 0 Å². The third-order valence-corrected chi connectivity index (χ3v) is 13.9. The molecule has 0 aliphatic carbocycles. The Morgan fingerprint density at radius 1 is 0.574 bits per heavy atom. The first kappa shape index (κ1) is 38.6. The maximum Gasteiger partial charge on any atom is 0.151 e. The summed E-state index contributed by atoms with van der Waals surface area (Å²) in [4.78, 5) is 6.10. The Hall–Kier alpha value is -6.62. The van der Waals surface area contributed by atoms with E-state index in [-0.39, 0.29) is 0 Å². The van der Waals surface area contributed by atoms with Crippen molar-refractivity contribution < 1.29 is 4.74 Å². The van der Waals surface area contributed by atoms with Crippen molar-refractivity contribution in [2.45, 2.75) is 59.3 Å². The van der Waals surface area contributed by atoms with Crippen LogP contribution in [0.4, 0.5) is 33.4 Å². The third kappa shape index (κ3) is 7.15. The average molecular weight is 811 g/mol. The zero-order chi connectivity index (χ0) is 41.6. The minimum absolute atomic E-state index is 0.409. The molecule has 4 heteroatoms. The topological polar surface area (TPSA) is 15.7 Å². The van der Waals surface area contributed by atoms with Crippen LogP contribution in [0.5, 0.6) is 11.5 Å². The Labute approximate surface area is 364 Å². The molecule has 0 radical (unpaired) electrons. The van der Waals surface area contributed by atoms with E-state index in [0.717, 1.165) is 47.1 Å². The minimum atomic E-state index is 0.409. The maximum atomic E-state index is 6.31. The van der Waals surface area contributed by atoms with E-state index in [1.54, 1.807) is 0 Å². The number of nitrogens with zero attached hydrogens (tertiary/aromatic N) is 2. The first-order valence-corrected chi connectivity index (χ1v) is 22.4. The smallest absolute Gasteiger partial charge is 0.151 e. The highest BCUT2D eigenvalue weighted by atomic mass is 32.1. The van der Waals surface area contributed by atoms with Gasteiger partial charge in [-0.2, -0.15) is 0 Å². The molecule has 10 rings (SSSR count). The first-order valence-electron chi connectivity index (χ1n) is 21.6. The minimum Gasteiger partial charge on any atom is -0.453 e. The van der Waals surface area contributed by atoms with Crippen LogP contribution in [0.2, 0.25) is 0 Å². The molecule has 2 heterocycles. The summed E-state index contributed by atoms with van der Waals surface area (Å²) >= 11 is 1.85. The average Bonchev–Trinajstić information content (AvgIpc) is 3.68. The molecule has 0 N–H and O–H groups in total. The van der Waals surface area contributed by atoms with Crippen LogP contribution in [0.3, 0.4) is 0 Å². The predicted octanol–water partition coefficient (Wildman–Crippen LogP) is 17.4. The lowest BCUT2D eigenvalue weighted by Crippen LogP contribution is -2.14. The number of anilines is 6. The number of thiophene rings is 1. The molecule has 61 heavy (non-hydrogen) atoms. The highest BCUT2D eigenvalue weighted by molar-refractivity contribution is 7.19. The van der Waals surface area contributed by atoms with E-state index in [1.807, 2.05) is 23.5 Å². The van der Waals surface area contributed by atoms with Crippen LogP contribution in [0, 0.1) is 20.8 Å². The summed E-state index contributed by atoms with van der Waals surface area (Å²) < 4.78 is 6.31. The fourth-order valence-corrected chi connectivity index (χ4v) is 10.7. The van der Waals surface area contributed by atoms with Crippen molar-refractivity contribution in [1.29, 1.82) is 0 Å². The lowest BCUT2D eigenvalue weighted by Gasteiger charge is -2.31. The van der Waals surface area contributed by atoms with Crippen molar-refractivity contribution in [3.05, 3.63) is 204 Å². The van der Waals surface area contributed by atoms with Gasteiger partial charge in [0.05, 0.1) is 17.1 Å². The van der Waals surface area contributed by atoms with E-state index < -0.39 is 0 Å². The number of hydrogen-bond acceptors (Lipinski definition) is 4. The number of fused-ring (bicyclic) bond motifs is 5. The molecule has 0 amide bonds. The lowest BCUT2D eigenvalue weighted by atomic mass is 9.83. The molecular weight excluding hydrogens is 761 g/mol. The van der Waals surface area contributed by atoms with Gasteiger partial charge in [-0.05, 0) is 150 Å². The van der Waals surface area contributed by atoms with Gasteiger partial charge in [0, 0.05) is 21.6 Å². The maximum absolute atomic E-state index is 6.31. The molecule has 0 spiro atoms. The second kappa shape index (κ2) is 16.1. The molecule has 8 aromatic carbocycles. The van der Waals surface area contributed by atoms with Gasteiger partial charge in [-0.15, -0.1) is 11.3 Å². The molecular formula is C57H50N2OS. The van der Waals surface area contributed by atoms with Crippen molar-refractivity contribution in [3.8, 4) is 21.9 Å². The second-order valence-corrected chi connectivity index (χ2v) is 17.7. The second-order valence-electron chi connectivity index (χ2n) is 16.7. The number of benzene rings is 8. The molecule has 2 atom stereocenters. The van der Waals surface area contributed by atoms with Gasteiger partial charge < -0.3 is 9.64 Å². The molecule has 3 nitrogen and oxygen atoms in total. The number of hydrogen-bond donors (Lipinski definition) is 0. The van der Waals surface area contributed by atoms with Gasteiger partial charge >= 0.3 is 0 Å². The van der Waals surface area contributed by atoms with Crippen molar-refractivity contribution in [2.24, 2.45) is 0 Å². The number of rotatable bonds is 10. The van der Waals surface area contributed by atoms with Gasteiger partial charge in [-0.25, -0.2) is 0 Å². The van der Waals surface area contributed by atoms with E-state index >= 15 is 0 Å². The molecule has 0 saturated heterocycles. The quantitative estimate of drug-likeness (QED) is 0.128. The summed E-state index contributed by atoms with van der Waals surface area (Å²) in [6.45, 7) is 11.4. The number of para-hydroxylation sites is 4. The van der Waals surface area contributed by atoms with Gasteiger partial charge in [0.1, 0.15) is 5.00 Å². The Morgan fingerprint density at radius 2 is 1.16 bits per heavy atom. The molecule has 300 valence electrons. The van der Waals surface area contributed by atoms with Crippen LogP contribution in [0.1, 0.15) is 66.3 Å². The highest BCUT2D eigenvalue weighted by Crippen LogP contribution is 2.53. The zero-order valence-corrected chi connectivity index (χ0v) is 36.3. The summed E-state index contributed by atoms with van der Waals surface area (Å²) in [7, 11) is 0. The number of ether oxygens (including phenoxy) is 1. The van der Waals surface area contributed by atoms with Crippen LogP contribution >= 0.6 is 11.3 Å². The van der Waals surface area contributed by atoms with E-state index in [1.165, 1.54) is 70.5 Å². The Kier molecular flexibility index (Phi) is 10.2. The zero-order valence-electron chi connectivity index (χ0n) is 35.5. The molecule has 1 aliphatic heterocycles. The van der Waals surface area contributed by atoms with Gasteiger partial charge in [-0.1, -0.05) is 135 Å². The van der Waals surface area contributed by atoms with Gasteiger partial charge in [0.2, 0.25) is 0 Å². The first-order chi connectivity index (χ1) is 29.8. The summed E-state index contributed by atoms with van der Waals surface area (Å²) in [6, 6.07) is 64.4. The van der Waals surface area contributed by atoms with Gasteiger partial charge in [0.25, 0.3) is 0 Å². The number of aryl methyl sites for hydroxylation is 3. The standard InChI is InChI=1S/C57H50N2OS/c1-6-41(42-25-30-46(31-26-42)58(45-28-23-37(2)24-29-45)53-36-44-15-7-8-16-48(44)49-17-9-10-18-50(49)53)33-38(3)43-27-32-47(39(4)34-43)57-40(5)35-56(61-57)59-51-19-11-13-21-54(51)60-55-22-14-12-20-52(55)59/h7-32,34-36,38,41H,6,33H2,1-5H3. The van der Waals surface area contributed by atoms with E-state index in [0.29, 0.717) is 11.8 Å². The molecule has 0 bridgehead atoms.